The molecule has 2 atom stereocenters. The van der Waals surface area contributed by atoms with Gasteiger partial charge in [-0.15, -0.1) is 11.8 Å². The first-order valence-corrected chi connectivity index (χ1v) is 9.12. The highest BCUT2D eigenvalue weighted by atomic mass is 32.2. The van der Waals surface area contributed by atoms with Crippen molar-refractivity contribution in [2.75, 3.05) is 18.6 Å². The average Bonchev–Trinajstić information content (AvgIpc) is 2.93. The van der Waals surface area contributed by atoms with Gasteiger partial charge in [0.05, 0.1) is 16.6 Å². The van der Waals surface area contributed by atoms with Gasteiger partial charge in [0.15, 0.2) is 9.84 Å². The number of sulfone groups is 1. The van der Waals surface area contributed by atoms with Crippen LogP contribution in [0, 0.1) is 0 Å². The Hall–Kier alpha value is -1.01. The molecule has 2 aliphatic heterocycles. The van der Waals surface area contributed by atoms with Crippen LogP contribution >= 0.6 is 11.8 Å². The number of likely N-dealkylation sites (tertiary alicyclic amines) is 1. The predicted octanol–water partition coefficient (Wildman–Crippen LogP) is 1.42. The van der Waals surface area contributed by atoms with Crippen molar-refractivity contribution in [3.63, 3.8) is 0 Å². The van der Waals surface area contributed by atoms with Crippen LogP contribution in [0.1, 0.15) is 16.8 Å². The maximum atomic E-state index is 12.5. The molecule has 2 aliphatic rings. The second kappa shape index (κ2) is 4.52. The minimum Gasteiger partial charge on any atom is -0.333 e. The van der Waals surface area contributed by atoms with Crippen LogP contribution in [0.2, 0.25) is 0 Å². The molecule has 0 radical (unpaired) electrons. The smallest absolute Gasteiger partial charge is 0.255 e. The number of carbonyl (C=O) groups is 1. The van der Waals surface area contributed by atoms with Crippen LogP contribution in [0.15, 0.2) is 29.2 Å². The van der Waals surface area contributed by atoms with E-state index in [9.17, 15) is 13.2 Å². The Morgan fingerprint density at radius 1 is 1.37 bits per heavy atom. The second-order valence-electron chi connectivity index (χ2n) is 5.00. The van der Waals surface area contributed by atoms with Gasteiger partial charge in [0.2, 0.25) is 0 Å². The molecule has 2 unspecified atom stereocenters. The van der Waals surface area contributed by atoms with Crippen LogP contribution in [0.3, 0.4) is 0 Å². The number of amides is 1. The minimum absolute atomic E-state index is 0.0349. The van der Waals surface area contributed by atoms with Crippen molar-refractivity contribution < 1.29 is 13.2 Å². The number of fused-ring (bicyclic) bond motifs is 2. The van der Waals surface area contributed by atoms with Gasteiger partial charge in [-0.25, -0.2) is 8.42 Å². The van der Waals surface area contributed by atoms with Crippen LogP contribution in [0.4, 0.5) is 0 Å². The number of thioether (sulfide) groups is 1. The van der Waals surface area contributed by atoms with Crippen LogP contribution in [-0.4, -0.2) is 49.1 Å². The highest BCUT2D eigenvalue weighted by Crippen LogP contribution is 2.34. The van der Waals surface area contributed by atoms with Crippen molar-refractivity contribution in [3.05, 3.63) is 29.8 Å². The summed E-state index contributed by atoms with van der Waals surface area (Å²) < 4.78 is 23.4. The molecule has 0 aromatic heterocycles. The molecule has 2 fully saturated rings. The number of carbonyl (C=O) groups excluding carboxylic acids is 1. The number of benzene rings is 1. The third-order valence-corrected chi connectivity index (χ3v) is 6.91. The van der Waals surface area contributed by atoms with Gasteiger partial charge >= 0.3 is 0 Å². The molecular weight excluding hydrogens is 282 g/mol. The van der Waals surface area contributed by atoms with Crippen molar-refractivity contribution in [2.24, 2.45) is 0 Å². The van der Waals surface area contributed by atoms with E-state index in [0.717, 1.165) is 4.90 Å². The number of rotatable bonds is 2. The average molecular weight is 297 g/mol. The largest absolute Gasteiger partial charge is 0.333 e. The van der Waals surface area contributed by atoms with E-state index in [1.54, 1.807) is 4.90 Å². The third kappa shape index (κ3) is 2.07. The van der Waals surface area contributed by atoms with Gasteiger partial charge in [0, 0.05) is 17.5 Å². The zero-order chi connectivity index (χ0) is 13.6. The molecule has 3 rings (SSSR count). The molecule has 4 nitrogen and oxygen atoms in total. The Bertz CT molecular complexity index is 627. The number of hydrogen-bond acceptors (Lipinski definition) is 4. The fourth-order valence-corrected chi connectivity index (χ4v) is 5.54. The van der Waals surface area contributed by atoms with Crippen LogP contribution < -0.4 is 0 Å². The van der Waals surface area contributed by atoms with E-state index >= 15 is 0 Å². The van der Waals surface area contributed by atoms with E-state index in [-0.39, 0.29) is 23.0 Å². The van der Waals surface area contributed by atoms with E-state index in [0.29, 0.717) is 18.5 Å². The molecule has 0 saturated carbocycles. The molecule has 0 aliphatic carbocycles. The summed E-state index contributed by atoms with van der Waals surface area (Å²) in [6, 6.07) is 7.36. The molecular formula is C13H15NO3S2. The molecule has 102 valence electrons. The summed E-state index contributed by atoms with van der Waals surface area (Å²) in [7, 11) is -2.95. The maximum absolute atomic E-state index is 12.5. The lowest BCUT2D eigenvalue weighted by Gasteiger charge is -2.27. The lowest BCUT2D eigenvalue weighted by Crippen LogP contribution is -2.44. The Morgan fingerprint density at radius 2 is 2.11 bits per heavy atom. The summed E-state index contributed by atoms with van der Waals surface area (Å²) in [6.07, 6.45) is 2.54. The highest BCUT2D eigenvalue weighted by Gasteiger charge is 2.50. The summed E-state index contributed by atoms with van der Waals surface area (Å²) in [5.74, 6) is 0.0949. The van der Waals surface area contributed by atoms with Gasteiger partial charge in [0.1, 0.15) is 0 Å². The lowest BCUT2D eigenvalue weighted by atomic mass is 10.2. The van der Waals surface area contributed by atoms with Crippen molar-refractivity contribution in [3.8, 4) is 0 Å². The monoisotopic (exact) mass is 297 g/mol. The summed E-state index contributed by atoms with van der Waals surface area (Å²) >= 11 is 1.54. The summed E-state index contributed by atoms with van der Waals surface area (Å²) in [5.41, 5.74) is 0.681. The van der Waals surface area contributed by atoms with Gasteiger partial charge in [-0.3, -0.25) is 4.79 Å². The summed E-state index contributed by atoms with van der Waals surface area (Å²) in [6.45, 7) is 0.356. The van der Waals surface area contributed by atoms with E-state index in [1.165, 1.54) is 11.8 Å². The van der Waals surface area contributed by atoms with Crippen LogP contribution in [0.5, 0.6) is 0 Å². The molecule has 2 saturated heterocycles. The molecule has 1 aromatic carbocycles. The Kier molecular flexibility index (Phi) is 3.09. The third-order valence-electron chi connectivity index (χ3n) is 3.91. The molecule has 2 heterocycles. The first-order chi connectivity index (χ1) is 9.03. The Morgan fingerprint density at radius 3 is 2.68 bits per heavy atom. The summed E-state index contributed by atoms with van der Waals surface area (Å²) in [4.78, 5) is 15.2. The number of nitrogens with zero attached hydrogens (tertiary/aromatic N) is 1. The SMILES string of the molecule is CSc1ccccc1C(=O)N1CC2CC1CS2(=O)=O. The molecule has 2 bridgehead atoms. The first-order valence-electron chi connectivity index (χ1n) is 6.18. The Balaban J connectivity index is 1.87. The quantitative estimate of drug-likeness (QED) is 0.775. The van der Waals surface area contributed by atoms with Crippen molar-refractivity contribution >= 4 is 27.5 Å². The second-order valence-corrected chi connectivity index (χ2v) is 8.17. The van der Waals surface area contributed by atoms with E-state index in [4.69, 9.17) is 0 Å². The van der Waals surface area contributed by atoms with E-state index in [1.807, 2.05) is 30.5 Å². The minimum atomic E-state index is -2.95. The zero-order valence-electron chi connectivity index (χ0n) is 10.6. The summed E-state index contributed by atoms with van der Waals surface area (Å²) in [5, 5.41) is -0.345. The van der Waals surface area contributed by atoms with Crippen LogP contribution in [-0.2, 0) is 9.84 Å². The standard InChI is InChI=1S/C13H15NO3S2/c1-18-12-5-3-2-4-11(12)13(15)14-7-10-6-9(14)8-19(10,16)17/h2-5,9-10H,6-8H2,1H3. The van der Waals surface area contributed by atoms with Gasteiger partial charge in [-0.1, -0.05) is 12.1 Å². The molecule has 1 aromatic rings. The molecule has 6 heteroatoms. The van der Waals surface area contributed by atoms with E-state index < -0.39 is 9.84 Å². The topological polar surface area (TPSA) is 54.5 Å². The van der Waals surface area contributed by atoms with Gasteiger partial charge < -0.3 is 4.90 Å². The first kappa shape index (κ1) is 13.0. The lowest BCUT2D eigenvalue weighted by molar-refractivity contribution is 0.0742. The fraction of sp³-hybridized carbons (Fsp3) is 0.462. The molecule has 0 spiro atoms. The van der Waals surface area contributed by atoms with Gasteiger partial charge in [-0.05, 0) is 24.8 Å². The fourth-order valence-electron chi connectivity index (χ4n) is 2.92. The van der Waals surface area contributed by atoms with Crippen LogP contribution in [0.25, 0.3) is 0 Å². The zero-order valence-corrected chi connectivity index (χ0v) is 12.2. The van der Waals surface area contributed by atoms with Crippen molar-refractivity contribution in [1.29, 1.82) is 0 Å². The number of hydrogen-bond donors (Lipinski definition) is 0. The van der Waals surface area contributed by atoms with Crippen molar-refractivity contribution in [2.45, 2.75) is 22.6 Å². The van der Waals surface area contributed by atoms with Crippen molar-refractivity contribution in [1.82, 2.24) is 4.90 Å². The Labute approximate surface area is 117 Å². The normalized spacial score (nSPS) is 27.7. The predicted molar refractivity (Wildman–Crippen MR) is 75.2 cm³/mol. The molecule has 19 heavy (non-hydrogen) atoms. The highest BCUT2D eigenvalue weighted by molar-refractivity contribution is 7.98. The molecule has 1 amide bonds. The van der Waals surface area contributed by atoms with Gasteiger partial charge in [0.25, 0.3) is 5.91 Å². The molecule has 0 N–H and O–H groups in total. The van der Waals surface area contributed by atoms with E-state index in [2.05, 4.69) is 0 Å². The maximum Gasteiger partial charge on any atom is 0.255 e. The van der Waals surface area contributed by atoms with Gasteiger partial charge in [-0.2, -0.15) is 0 Å².